The molecule has 0 saturated carbocycles. The lowest BCUT2D eigenvalue weighted by Gasteiger charge is -2.34. The Morgan fingerprint density at radius 1 is 1.09 bits per heavy atom. The summed E-state index contributed by atoms with van der Waals surface area (Å²) in [6.07, 6.45) is -1.20. The molecule has 9 heteroatoms. The van der Waals surface area contributed by atoms with Gasteiger partial charge in [-0.25, -0.2) is 0 Å². The molecular weight excluding hydrogens is 461 g/mol. The van der Waals surface area contributed by atoms with Crippen LogP contribution in [0.15, 0.2) is 40.1 Å². The van der Waals surface area contributed by atoms with Gasteiger partial charge in [0.05, 0.1) is 5.56 Å². The van der Waals surface area contributed by atoms with Crippen LogP contribution >= 0.6 is 11.8 Å². The molecule has 0 aromatic heterocycles. The van der Waals surface area contributed by atoms with Crippen LogP contribution in [0.4, 0.5) is 18.9 Å². The molecule has 4 rings (SSSR count). The fraction of sp³-hybridized carbons (Fsp3) is 0.480. The average molecular weight is 493 g/mol. The number of hydrogen-bond acceptors (Lipinski definition) is 6. The fourth-order valence-electron chi connectivity index (χ4n) is 4.60. The van der Waals surface area contributed by atoms with Crippen molar-refractivity contribution in [1.29, 1.82) is 0 Å². The number of carbonyl (C=O) groups excluding carboxylic acids is 1. The van der Waals surface area contributed by atoms with E-state index in [1.165, 1.54) is 23.9 Å². The summed E-state index contributed by atoms with van der Waals surface area (Å²) in [4.78, 5) is 16.1. The molecule has 5 N–H and O–H groups in total. The van der Waals surface area contributed by atoms with Crippen molar-refractivity contribution in [2.75, 3.05) is 38.0 Å². The van der Waals surface area contributed by atoms with Crippen LogP contribution in [0.1, 0.15) is 52.7 Å². The topological polar surface area (TPSA) is 84.4 Å². The van der Waals surface area contributed by atoms with E-state index in [-0.39, 0.29) is 11.8 Å². The number of fused-ring (bicyclic) bond motifs is 2. The number of nitrogens with two attached hydrogens (primary N) is 2. The number of nitrogens with zero attached hydrogens (tertiary/aromatic N) is 1. The smallest absolute Gasteiger partial charge is 0.382 e. The van der Waals surface area contributed by atoms with E-state index in [2.05, 4.69) is 10.2 Å². The van der Waals surface area contributed by atoms with E-state index < -0.39 is 11.7 Å². The molecule has 34 heavy (non-hydrogen) atoms. The standard InChI is InChI=1S/C25H31F3N4OS/c26-25(27,28)18-14-21(31-19-5-9-32(10-6-19)11-8-30)20-12-17-4-3-16(22(33)2-1-7-29)13-23(17)34-24(20)15-18/h3-4,13-15,19,31H,1-2,5-12,29-30H2. The van der Waals surface area contributed by atoms with Gasteiger partial charge in [-0.05, 0) is 55.1 Å². The highest BCUT2D eigenvalue weighted by molar-refractivity contribution is 7.99. The summed E-state index contributed by atoms with van der Waals surface area (Å²) in [6.45, 7) is 3.66. The molecule has 0 radical (unpaired) electrons. The summed E-state index contributed by atoms with van der Waals surface area (Å²) in [6, 6.07) is 8.15. The number of hydrogen-bond donors (Lipinski definition) is 3. The minimum atomic E-state index is -4.43. The molecule has 2 aromatic carbocycles. The van der Waals surface area contributed by atoms with Crippen LogP contribution in [-0.2, 0) is 12.6 Å². The van der Waals surface area contributed by atoms with Crippen LogP contribution < -0.4 is 16.8 Å². The maximum Gasteiger partial charge on any atom is 0.416 e. The third-order valence-electron chi connectivity index (χ3n) is 6.51. The minimum absolute atomic E-state index is 0.00650. The first-order valence-corrected chi connectivity index (χ1v) is 12.6. The molecule has 184 valence electrons. The van der Waals surface area contributed by atoms with Gasteiger partial charge in [0.15, 0.2) is 5.78 Å². The summed E-state index contributed by atoms with van der Waals surface area (Å²) in [5.41, 5.74) is 13.6. The summed E-state index contributed by atoms with van der Waals surface area (Å²) in [5, 5.41) is 3.43. The SMILES string of the molecule is NCCCC(=O)c1ccc2c(c1)Sc1cc(C(F)(F)F)cc(NC3CCN(CCN)CC3)c1C2. The molecule has 0 unspecified atom stereocenters. The van der Waals surface area contributed by atoms with Gasteiger partial charge in [-0.1, -0.05) is 23.9 Å². The van der Waals surface area contributed by atoms with E-state index >= 15 is 0 Å². The van der Waals surface area contributed by atoms with Gasteiger partial charge in [-0.3, -0.25) is 4.79 Å². The Morgan fingerprint density at radius 2 is 1.85 bits per heavy atom. The fourth-order valence-corrected chi connectivity index (χ4v) is 5.78. The number of alkyl halides is 3. The number of nitrogens with one attached hydrogen (secondary N) is 1. The molecule has 2 aliphatic rings. The molecule has 2 aliphatic heterocycles. The molecule has 2 heterocycles. The summed E-state index contributed by atoms with van der Waals surface area (Å²) < 4.78 is 41.2. The van der Waals surface area contributed by atoms with Crippen molar-refractivity contribution in [2.45, 2.75) is 54.1 Å². The highest BCUT2D eigenvalue weighted by Gasteiger charge is 2.34. The van der Waals surface area contributed by atoms with E-state index in [4.69, 9.17) is 11.5 Å². The van der Waals surface area contributed by atoms with Crippen LogP contribution in [0.2, 0.25) is 0 Å². The molecule has 0 spiro atoms. The number of piperidine rings is 1. The van der Waals surface area contributed by atoms with E-state index in [0.717, 1.165) is 48.5 Å². The van der Waals surface area contributed by atoms with E-state index in [1.807, 2.05) is 18.2 Å². The lowest BCUT2D eigenvalue weighted by Crippen LogP contribution is -2.41. The van der Waals surface area contributed by atoms with Crippen LogP contribution in [-0.4, -0.2) is 49.4 Å². The number of rotatable bonds is 8. The zero-order valence-electron chi connectivity index (χ0n) is 19.1. The summed E-state index contributed by atoms with van der Waals surface area (Å²) in [7, 11) is 0. The molecule has 0 aliphatic carbocycles. The molecule has 5 nitrogen and oxygen atoms in total. The van der Waals surface area contributed by atoms with Crippen LogP contribution in [0, 0.1) is 0 Å². The normalized spacial score (nSPS) is 16.7. The average Bonchev–Trinajstić information content (AvgIpc) is 2.81. The van der Waals surface area contributed by atoms with Crippen molar-refractivity contribution in [2.24, 2.45) is 11.5 Å². The number of halogens is 3. The van der Waals surface area contributed by atoms with Gasteiger partial charge < -0.3 is 21.7 Å². The van der Waals surface area contributed by atoms with Crippen LogP contribution in [0.5, 0.6) is 0 Å². The lowest BCUT2D eigenvalue weighted by atomic mass is 9.96. The predicted molar refractivity (Wildman–Crippen MR) is 130 cm³/mol. The molecule has 1 saturated heterocycles. The first kappa shape index (κ1) is 25.0. The van der Waals surface area contributed by atoms with Gasteiger partial charge in [-0.2, -0.15) is 13.2 Å². The van der Waals surface area contributed by atoms with Gasteiger partial charge in [-0.15, -0.1) is 0 Å². The maximum absolute atomic E-state index is 13.7. The van der Waals surface area contributed by atoms with Crippen LogP contribution in [0.3, 0.4) is 0 Å². The monoisotopic (exact) mass is 492 g/mol. The Bertz CT molecular complexity index is 1040. The first-order chi connectivity index (χ1) is 16.3. The number of likely N-dealkylation sites (tertiary alicyclic amines) is 1. The molecule has 1 fully saturated rings. The molecule has 0 bridgehead atoms. The largest absolute Gasteiger partial charge is 0.416 e. The van der Waals surface area contributed by atoms with Gasteiger partial charge in [0, 0.05) is 66.1 Å². The van der Waals surface area contributed by atoms with E-state index in [0.29, 0.717) is 48.5 Å². The van der Waals surface area contributed by atoms with Crippen molar-refractivity contribution >= 4 is 23.2 Å². The zero-order valence-corrected chi connectivity index (χ0v) is 19.9. The number of Topliss-reactive ketones (excluding diaryl/α,β-unsaturated/α-hetero) is 1. The number of anilines is 1. The highest BCUT2D eigenvalue weighted by atomic mass is 32.2. The summed E-state index contributed by atoms with van der Waals surface area (Å²) >= 11 is 1.31. The Labute approximate surface area is 202 Å². The number of carbonyl (C=O) groups is 1. The van der Waals surface area contributed by atoms with Gasteiger partial charge in [0.1, 0.15) is 0 Å². The lowest BCUT2D eigenvalue weighted by molar-refractivity contribution is -0.137. The van der Waals surface area contributed by atoms with E-state index in [1.54, 1.807) is 0 Å². The van der Waals surface area contributed by atoms with Gasteiger partial charge >= 0.3 is 6.18 Å². The van der Waals surface area contributed by atoms with Gasteiger partial charge in [0.2, 0.25) is 0 Å². The second-order valence-corrected chi connectivity index (χ2v) is 10.0. The Kier molecular flexibility index (Phi) is 7.87. The Balaban J connectivity index is 1.60. The predicted octanol–water partition coefficient (Wildman–Crippen LogP) is 4.52. The third kappa shape index (κ3) is 5.76. The van der Waals surface area contributed by atoms with Crippen molar-refractivity contribution < 1.29 is 18.0 Å². The Morgan fingerprint density at radius 3 is 2.53 bits per heavy atom. The maximum atomic E-state index is 13.7. The molecule has 2 aromatic rings. The van der Waals surface area contributed by atoms with Crippen molar-refractivity contribution in [3.63, 3.8) is 0 Å². The number of benzene rings is 2. The second kappa shape index (κ2) is 10.7. The molecule has 0 atom stereocenters. The minimum Gasteiger partial charge on any atom is -0.382 e. The molecule has 0 amide bonds. The zero-order chi connectivity index (χ0) is 24.3. The van der Waals surface area contributed by atoms with Crippen molar-refractivity contribution in [3.8, 4) is 0 Å². The van der Waals surface area contributed by atoms with Gasteiger partial charge in [0.25, 0.3) is 0 Å². The van der Waals surface area contributed by atoms with E-state index in [9.17, 15) is 18.0 Å². The molecular formula is C25H31F3N4OS. The van der Waals surface area contributed by atoms with Crippen molar-refractivity contribution in [1.82, 2.24) is 4.90 Å². The van der Waals surface area contributed by atoms with Crippen molar-refractivity contribution in [3.05, 3.63) is 52.6 Å². The Hall–Kier alpha value is -2.07. The quantitative estimate of drug-likeness (QED) is 0.401. The second-order valence-electron chi connectivity index (χ2n) is 8.96. The van der Waals surface area contributed by atoms with Crippen LogP contribution in [0.25, 0.3) is 0 Å². The summed E-state index contributed by atoms with van der Waals surface area (Å²) in [5.74, 6) is 0.00650. The third-order valence-corrected chi connectivity index (χ3v) is 7.70. The number of ketones is 1. The first-order valence-electron chi connectivity index (χ1n) is 11.8. The highest BCUT2D eigenvalue weighted by Crippen LogP contribution is 2.46.